The molecule has 0 aliphatic carbocycles. The van der Waals surface area contributed by atoms with Crippen LogP contribution >= 0.6 is 11.3 Å². The maximum Gasteiger partial charge on any atom is 0.263 e. The standard InChI is InChI=1S/C16H20N2OS/c1-16(17-2)7-9-18(10-8-16)15(19)14-11-12-5-3-4-6-13(12)20-14/h3-6,11,17H,7-10H2,1-2H3. The zero-order valence-corrected chi connectivity index (χ0v) is 12.8. The molecule has 1 aliphatic heterocycles. The summed E-state index contributed by atoms with van der Waals surface area (Å²) in [6.45, 7) is 3.91. The summed E-state index contributed by atoms with van der Waals surface area (Å²) in [5.74, 6) is 0.185. The van der Waals surface area contributed by atoms with E-state index in [1.807, 2.05) is 30.1 Å². The lowest BCUT2D eigenvalue weighted by Gasteiger charge is -2.39. The average Bonchev–Trinajstić information content (AvgIpc) is 2.91. The van der Waals surface area contributed by atoms with Crippen LogP contribution in [0.2, 0.25) is 0 Å². The van der Waals surface area contributed by atoms with Gasteiger partial charge in [-0.15, -0.1) is 11.3 Å². The molecule has 2 heterocycles. The fraction of sp³-hybridized carbons (Fsp3) is 0.438. The predicted octanol–water partition coefficient (Wildman–Crippen LogP) is 3.12. The molecular weight excluding hydrogens is 268 g/mol. The molecular formula is C16H20N2OS. The van der Waals surface area contributed by atoms with E-state index >= 15 is 0 Å². The lowest BCUT2D eigenvalue weighted by Crippen LogP contribution is -2.51. The topological polar surface area (TPSA) is 32.3 Å². The van der Waals surface area contributed by atoms with E-state index in [2.05, 4.69) is 24.4 Å². The average molecular weight is 288 g/mol. The van der Waals surface area contributed by atoms with Gasteiger partial charge in [0.05, 0.1) is 4.88 Å². The number of amides is 1. The minimum absolute atomic E-state index is 0.178. The van der Waals surface area contributed by atoms with Gasteiger partial charge in [-0.25, -0.2) is 0 Å². The van der Waals surface area contributed by atoms with E-state index in [0.29, 0.717) is 0 Å². The molecule has 3 rings (SSSR count). The van der Waals surface area contributed by atoms with Crippen LogP contribution in [0.5, 0.6) is 0 Å². The molecule has 1 amide bonds. The number of likely N-dealkylation sites (tertiary alicyclic amines) is 1. The minimum atomic E-state index is 0.178. The first-order valence-corrected chi connectivity index (χ1v) is 7.90. The van der Waals surface area contributed by atoms with Gasteiger partial charge in [-0.1, -0.05) is 18.2 Å². The number of fused-ring (bicyclic) bond motifs is 1. The summed E-state index contributed by atoms with van der Waals surface area (Å²) in [6, 6.07) is 10.2. The summed E-state index contributed by atoms with van der Waals surface area (Å²) >= 11 is 1.60. The van der Waals surface area contributed by atoms with Gasteiger partial charge in [0.25, 0.3) is 5.91 Å². The Balaban J connectivity index is 1.76. The third-order valence-corrected chi connectivity index (χ3v) is 5.50. The third kappa shape index (κ3) is 2.45. The van der Waals surface area contributed by atoms with Crippen LogP contribution in [0.25, 0.3) is 10.1 Å². The molecule has 0 spiro atoms. The molecule has 0 saturated carbocycles. The molecule has 0 unspecified atom stereocenters. The van der Waals surface area contributed by atoms with E-state index in [9.17, 15) is 4.79 Å². The number of carbonyl (C=O) groups excluding carboxylic acids is 1. The molecule has 1 fully saturated rings. The summed E-state index contributed by atoms with van der Waals surface area (Å²) in [7, 11) is 2.00. The third-order valence-electron chi connectivity index (χ3n) is 4.39. The number of hydrogen-bond donors (Lipinski definition) is 1. The van der Waals surface area contributed by atoms with E-state index in [-0.39, 0.29) is 11.4 Å². The fourth-order valence-corrected chi connectivity index (χ4v) is 3.73. The lowest BCUT2D eigenvalue weighted by molar-refractivity contribution is 0.0667. The second-order valence-corrected chi connectivity index (χ2v) is 6.84. The summed E-state index contributed by atoms with van der Waals surface area (Å²) in [5.41, 5.74) is 0.178. The van der Waals surface area contributed by atoms with Crippen LogP contribution in [0.15, 0.2) is 30.3 Å². The Morgan fingerprint density at radius 2 is 2.00 bits per heavy atom. The number of rotatable bonds is 2. The first-order valence-electron chi connectivity index (χ1n) is 7.08. The fourth-order valence-electron chi connectivity index (χ4n) is 2.70. The molecule has 0 radical (unpaired) electrons. The maximum atomic E-state index is 12.6. The zero-order chi connectivity index (χ0) is 14.2. The normalized spacial score (nSPS) is 18.4. The van der Waals surface area contributed by atoms with Crippen LogP contribution in [0.3, 0.4) is 0 Å². The number of nitrogens with zero attached hydrogens (tertiary/aromatic N) is 1. The Labute approximate surface area is 123 Å². The van der Waals surface area contributed by atoms with Crippen LogP contribution in [0.1, 0.15) is 29.4 Å². The summed E-state index contributed by atoms with van der Waals surface area (Å²) in [5, 5.41) is 4.53. The van der Waals surface area contributed by atoms with Gasteiger partial charge in [-0.2, -0.15) is 0 Å². The molecule has 20 heavy (non-hydrogen) atoms. The molecule has 4 heteroatoms. The van der Waals surface area contributed by atoms with E-state index < -0.39 is 0 Å². The number of carbonyl (C=O) groups is 1. The number of thiophene rings is 1. The minimum Gasteiger partial charge on any atom is -0.338 e. The SMILES string of the molecule is CNC1(C)CCN(C(=O)c2cc3ccccc3s2)CC1. The van der Waals surface area contributed by atoms with Gasteiger partial charge in [-0.05, 0) is 44.3 Å². The van der Waals surface area contributed by atoms with Gasteiger partial charge in [0.1, 0.15) is 0 Å². The number of benzene rings is 1. The highest BCUT2D eigenvalue weighted by molar-refractivity contribution is 7.20. The van der Waals surface area contributed by atoms with Crippen molar-refractivity contribution < 1.29 is 4.79 Å². The monoisotopic (exact) mass is 288 g/mol. The Kier molecular flexibility index (Phi) is 3.52. The van der Waals surface area contributed by atoms with Crippen LogP contribution in [-0.2, 0) is 0 Å². The smallest absolute Gasteiger partial charge is 0.263 e. The van der Waals surface area contributed by atoms with Crippen LogP contribution < -0.4 is 5.32 Å². The van der Waals surface area contributed by atoms with Gasteiger partial charge >= 0.3 is 0 Å². The number of hydrogen-bond acceptors (Lipinski definition) is 3. The Bertz CT molecular complexity index is 593. The predicted molar refractivity (Wildman–Crippen MR) is 84.4 cm³/mol. The molecule has 1 aromatic heterocycles. The molecule has 1 aromatic carbocycles. The summed E-state index contributed by atoms with van der Waals surface area (Å²) in [6.07, 6.45) is 2.03. The van der Waals surface area contributed by atoms with Gasteiger partial charge in [-0.3, -0.25) is 4.79 Å². The van der Waals surface area contributed by atoms with Gasteiger partial charge in [0, 0.05) is 23.3 Å². The van der Waals surface area contributed by atoms with Crippen molar-refractivity contribution in [2.75, 3.05) is 20.1 Å². The van der Waals surface area contributed by atoms with E-state index in [0.717, 1.165) is 36.2 Å². The van der Waals surface area contributed by atoms with Crippen molar-refractivity contribution in [1.29, 1.82) is 0 Å². The maximum absolute atomic E-state index is 12.6. The largest absolute Gasteiger partial charge is 0.338 e. The molecule has 0 atom stereocenters. The Morgan fingerprint density at radius 1 is 1.30 bits per heavy atom. The van der Waals surface area contributed by atoms with E-state index in [4.69, 9.17) is 0 Å². The molecule has 1 saturated heterocycles. The van der Waals surface area contributed by atoms with Crippen LogP contribution in [0.4, 0.5) is 0 Å². The van der Waals surface area contributed by atoms with E-state index in [1.165, 1.54) is 4.70 Å². The highest BCUT2D eigenvalue weighted by Gasteiger charge is 2.31. The van der Waals surface area contributed by atoms with Gasteiger partial charge < -0.3 is 10.2 Å². The molecule has 3 nitrogen and oxygen atoms in total. The molecule has 0 bridgehead atoms. The zero-order valence-electron chi connectivity index (χ0n) is 12.0. The molecule has 2 aromatic rings. The number of piperidine rings is 1. The van der Waals surface area contributed by atoms with Crippen molar-refractivity contribution in [1.82, 2.24) is 10.2 Å². The van der Waals surface area contributed by atoms with Crippen molar-refractivity contribution >= 4 is 27.3 Å². The Morgan fingerprint density at radius 3 is 2.65 bits per heavy atom. The quantitative estimate of drug-likeness (QED) is 0.921. The first-order chi connectivity index (χ1) is 9.61. The number of nitrogens with one attached hydrogen (secondary N) is 1. The second-order valence-electron chi connectivity index (χ2n) is 5.75. The van der Waals surface area contributed by atoms with Crippen molar-refractivity contribution in [3.8, 4) is 0 Å². The van der Waals surface area contributed by atoms with Crippen LogP contribution in [-0.4, -0.2) is 36.5 Å². The van der Waals surface area contributed by atoms with Crippen molar-refractivity contribution in [3.63, 3.8) is 0 Å². The van der Waals surface area contributed by atoms with Crippen molar-refractivity contribution in [2.24, 2.45) is 0 Å². The summed E-state index contributed by atoms with van der Waals surface area (Å²) < 4.78 is 1.19. The highest BCUT2D eigenvalue weighted by Crippen LogP contribution is 2.28. The Hall–Kier alpha value is -1.39. The highest BCUT2D eigenvalue weighted by atomic mass is 32.1. The van der Waals surface area contributed by atoms with E-state index in [1.54, 1.807) is 11.3 Å². The van der Waals surface area contributed by atoms with Gasteiger partial charge in [0.15, 0.2) is 0 Å². The lowest BCUT2D eigenvalue weighted by atomic mass is 9.90. The first kappa shape index (κ1) is 13.6. The van der Waals surface area contributed by atoms with Crippen molar-refractivity contribution in [3.05, 3.63) is 35.2 Å². The van der Waals surface area contributed by atoms with Gasteiger partial charge in [0.2, 0.25) is 0 Å². The molecule has 106 valence electrons. The second kappa shape index (κ2) is 5.19. The van der Waals surface area contributed by atoms with Crippen LogP contribution in [0, 0.1) is 0 Å². The van der Waals surface area contributed by atoms with Crippen molar-refractivity contribution in [2.45, 2.75) is 25.3 Å². The summed E-state index contributed by atoms with van der Waals surface area (Å²) in [4.78, 5) is 15.4. The molecule has 1 aliphatic rings. The molecule has 1 N–H and O–H groups in total.